The van der Waals surface area contributed by atoms with Crippen molar-refractivity contribution in [3.8, 4) is 5.75 Å². The number of carbonyl (C=O) groups is 1. The molecule has 1 saturated heterocycles. The molecule has 1 heterocycles. The molecular formula is C17H14FN3O2S. The normalized spacial score (nSPS) is 14.8. The summed E-state index contributed by atoms with van der Waals surface area (Å²) in [5, 5.41) is 5.55. The first-order valence-corrected chi connectivity index (χ1v) is 7.58. The predicted molar refractivity (Wildman–Crippen MR) is 93.8 cm³/mol. The number of thiocarbonyl (C=S) groups is 1. The Bertz CT molecular complexity index is 808. The van der Waals surface area contributed by atoms with E-state index in [9.17, 15) is 9.18 Å². The number of amides is 1. The Kier molecular flexibility index (Phi) is 4.52. The number of anilines is 1. The van der Waals surface area contributed by atoms with Gasteiger partial charge in [0.1, 0.15) is 18.1 Å². The van der Waals surface area contributed by atoms with Gasteiger partial charge in [-0.2, -0.15) is 10.1 Å². The smallest absolute Gasteiger partial charge is 0.269 e. The molecule has 0 aliphatic carbocycles. The minimum absolute atomic E-state index is 0.0833. The van der Waals surface area contributed by atoms with Gasteiger partial charge >= 0.3 is 0 Å². The van der Waals surface area contributed by atoms with Crippen molar-refractivity contribution in [1.29, 1.82) is 0 Å². The molecule has 0 spiro atoms. The van der Waals surface area contributed by atoms with Crippen LogP contribution >= 0.6 is 12.2 Å². The lowest BCUT2D eigenvalue weighted by Gasteiger charge is -2.19. The van der Waals surface area contributed by atoms with E-state index in [1.165, 1.54) is 18.3 Å². The molecule has 0 radical (unpaired) electrons. The third-order valence-corrected chi connectivity index (χ3v) is 3.90. The van der Waals surface area contributed by atoms with Gasteiger partial charge in [0.05, 0.1) is 19.0 Å². The van der Waals surface area contributed by atoms with Gasteiger partial charge in [-0.15, -0.1) is 0 Å². The van der Waals surface area contributed by atoms with Crippen molar-refractivity contribution in [1.82, 2.24) is 5.01 Å². The van der Waals surface area contributed by atoms with Gasteiger partial charge < -0.3 is 9.64 Å². The Labute approximate surface area is 143 Å². The van der Waals surface area contributed by atoms with Gasteiger partial charge in [-0.25, -0.2) is 4.39 Å². The lowest BCUT2D eigenvalue weighted by Crippen LogP contribution is -2.29. The van der Waals surface area contributed by atoms with Crippen LogP contribution < -0.4 is 9.64 Å². The van der Waals surface area contributed by atoms with Crippen LogP contribution in [0.1, 0.15) is 5.56 Å². The summed E-state index contributed by atoms with van der Waals surface area (Å²) < 4.78 is 18.2. The number of hydrogen-bond acceptors (Lipinski definition) is 4. The van der Waals surface area contributed by atoms with Crippen molar-refractivity contribution in [3.63, 3.8) is 0 Å². The molecule has 7 heteroatoms. The number of carbonyl (C=O) groups excluding carboxylic acids is 1. The molecule has 1 amide bonds. The van der Waals surface area contributed by atoms with Crippen LogP contribution in [-0.2, 0) is 4.79 Å². The minimum atomic E-state index is -0.331. The number of halogens is 1. The molecule has 3 rings (SSSR count). The first kappa shape index (κ1) is 16.1. The molecule has 5 nitrogen and oxygen atoms in total. The van der Waals surface area contributed by atoms with Gasteiger partial charge in [-0.1, -0.05) is 24.3 Å². The van der Waals surface area contributed by atoms with Gasteiger partial charge in [-0.05, 0) is 42.0 Å². The summed E-state index contributed by atoms with van der Waals surface area (Å²) in [7, 11) is 1.56. The molecule has 0 aromatic heterocycles. The van der Waals surface area contributed by atoms with E-state index in [2.05, 4.69) is 5.10 Å². The molecule has 2 aromatic rings. The van der Waals surface area contributed by atoms with Crippen molar-refractivity contribution >= 4 is 35.1 Å². The first-order valence-electron chi connectivity index (χ1n) is 7.17. The molecular weight excluding hydrogens is 329 g/mol. The molecule has 0 atom stereocenters. The zero-order chi connectivity index (χ0) is 17.1. The van der Waals surface area contributed by atoms with Crippen LogP contribution in [0.15, 0.2) is 53.6 Å². The zero-order valence-corrected chi connectivity index (χ0v) is 13.7. The average molecular weight is 343 g/mol. The Hall–Kier alpha value is -2.80. The van der Waals surface area contributed by atoms with E-state index in [1.807, 2.05) is 18.2 Å². The number of ether oxygens (including phenoxy) is 1. The van der Waals surface area contributed by atoms with Crippen LogP contribution in [0, 0.1) is 5.82 Å². The van der Waals surface area contributed by atoms with Crippen molar-refractivity contribution in [2.75, 3.05) is 18.6 Å². The highest BCUT2D eigenvalue weighted by Crippen LogP contribution is 2.30. The number of hydrazone groups is 1. The molecule has 24 heavy (non-hydrogen) atoms. The van der Waals surface area contributed by atoms with E-state index in [-0.39, 0.29) is 23.4 Å². The third-order valence-electron chi connectivity index (χ3n) is 3.51. The van der Waals surface area contributed by atoms with Gasteiger partial charge in [0, 0.05) is 0 Å². The zero-order valence-electron chi connectivity index (χ0n) is 12.8. The van der Waals surface area contributed by atoms with E-state index in [1.54, 1.807) is 30.2 Å². The number of methoxy groups -OCH3 is 1. The van der Waals surface area contributed by atoms with Gasteiger partial charge in [0.15, 0.2) is 0 Å². The fraction of sp³-hybridized carbons (Fsp3) is 0.118. The van der Waals surface area contributed by atoms with Gasteiger partial charge in [0.2, 0.25) is 5.11 Å². The van der Waals surface area contributed by atoms with Crippen LogP contribution in [0.5, 0.6) is 5.75 Å². The van der Waals surface area contributed by atoms with Crippen LogP contribution in [0.2, 0.25) is 0 Å². The summed E-state index contributed by atoms with van der Waals surface area (Å²) in [4.78, 5) is 13.9. The minimum Gasteiger partial charge on any atom is -0.495 e. The van der Waals surface area contributed by atoms with Crippen LogP contribution in [0.4, 0.5) is 10.1 Å². The second kappa shape index (κ2) is 6.76. The van der Waals surface area contributed by atoms with Crippen molar-refractivity contribution < 1.29 is 13.9 Å². The maximum Gasteiger partial charge on any atom is 0.269 e. The number of hydrogen-bond donors (Lipinski definition) is 0. The number of rotatable bonds is 4. The highest BCUT2D eigenvalue weighted by atomic mass is 32.1. The summed E-state index contributed by atoms with van der Waals surface area (Å²) in [6.45, 7) is 0.0833. The van der Waals surface area contributed by atoms with Crippen LogP contribution in [0.3, 0.4) is 0 Å². The summed E-state index contributed by atoms with van der Waals surface area (Å²) in [6, 6.07) is 13.1. The molecule has 1 fully saturated rings. The highest BCUT2D eigenvalue weighted by Gasteiger charge is 2.34. The van der Waals surface area contributed by atoms with Gasteiger partial charge in [0.25, 0.3) is 5.91 Å². The molecule has 1 aliphatic rings. The summed E-state index contributed by atoms with van der Waals surface area (Å²) in [6.07, 6.45) is 1.47. The number of para-hydroxylation sites is 2. The molecule has 0 N–H and O–H groups in total. The fourth-order valence-corrected chi connectivity index (χ4v) is 2.63. The van der Waals surface area contributed by atoms with E-state index < -0.39 is 0 Å². The monoisotopic (exact) mass is 343 g/mol. The largest absolute Gasteiger partial charge is 0.495 e. The topological polar surface area (TPSA) is 45.1 Å². The standard InChI is InChI=1S/C17H14FN3O2S/c1-23-15-5-3-2-4-14(15)20-11-16(22)21(17(20)24)19-10-12-6-8-13(18)9-7-12/h2-10H,11H2,1H3. The average Bonchev–Trinajstić information content (AvgIpc) is 2.88. The molecule has 0 saturated carbocycles. The Morgan fingerprint density at radius 2 is 1.92 bits per heavy atom. The summed E-state index contributed by atoms with van der Waals surface area (Å²) in [5.41, 5.74) is 1.38. The summed E-state index contributed by atoms with van der Waals surface area (Å²) >= 11 is 5.37. The Morgan fingerprint density at radius 3 is 2.62 bits per heavy atom. The maximum atomic E-state index is 12.9. The Morgan fingerprint density at radius 1 is 1.21 bits per heavy atom. The molecule has 1 aliphatic heterocycles. The lowest BCUT2D eigenvalue weighted by molar-refractivity contribution is -0.124. The van der Waals surface area contributed by atoms with Crippen molar-refractivity contribution in [2.24, 2.45) is 5.10 Å². The number of benzene rings is 2. The molecule has 2 aromatic carbocycles. The fourth-order valence-electron chi connectivity index (χ4n) is 2.32. The van der Waals surface area contributed by atoms with Crippen LogP contribution in [-0.4, -0.2) is 35.9 Å². The first-order chi connectivity index (χ1) is 11.6. The van der Waals surface area contributed by atoms with E-state index in [0.717, 1.165) is 5.01 Å². The Balaban J connectivity index is 1.83. The van der Waals surface area contributed by atoms with Crippen molar-refractivity contribution in [3.05, 3.63) is 59.9 Å². The van der Waals surface area contributed by atoms with E-state index >= 15 is 0 Å². The van der Waals surface area contributed by atoms with Crippen LogP contribution in [0.25, 0.3) is 0 Å². The lowest BCUT2D eigenvalue weighted by atomic mass is 10.2. The van der Waals surface area contributed by atoms with E-state index in [4.69, 9.17) is 17.0 Å². The molecule has 0 bridgehead atoms. The van der Waals surface area contributed by atoms with Crippen molar-refractivity contribution in [2.45, 2.75) is 0 Å². The summed E-state index contributed by atoms with van der Waals surface area (Å²) in [5.74, 6) is 0.0450. The highest BCUT2D eigenvalue weighted by molar-refractivity contribution is 7.80. The maximum absolute atomic E-state index is 12.9. The molecule has 0 unspecified atom stereocenters. The second-order valence-corrected chi connectivity index (χ2v) is 5.41. The molecule has 122 valence electrons. The van der Waals surface area contributed by atoms with E-state index in [0.29, 0.717) is 17.0 Å². The SMILES string of the molecule is COc1ccccc1N1CC(=O)N(N=Cc2ccc(F)cc2)C1=S. The number of nitrogens with zero attached hydrogens (tertiary/aromatic N) is 3. The predicted octanol–water partition coefficient (Wildman–Crippen LogP) is 2.80. The van der Waals surface area contributed by atoms with Gasteiger partial charge in [-0.3, -0.25) is 4.79 Å². The second-order valence-electron chi connectivity index (χ2n) is 5.04. The third kappa shape index (κ3) is 3.11. The quantitative estimate of drug-likeness (QED) is 0.633.